The normalized spacial score (nSPS) is 17.5. The molecule has 35 heavy (non-hydrogen) atoms. The standard InChI is InChI=1S/C27H22BrN3O4/c1-15(2)35-19-13-9-16(10-14-19)23-22(24(32)17-7-11-18(28)12-8-17)25(33)26(34)31(23)27-29-20-5-3-4-6-21(20)30-27/h3-15,23,32H,1-2H3,(H,29,30)/b24-22+. The summed E-state index contributed by atoms with van der Waals surface area (Å²) >= 11 is 3.38. The molecule has 3 aromatic carbocycles. The molecule has 1 aliphatic heterocycles. The van der Waals surface area contributed by atoms with Crippen molar-refractivity contribution in [3.05, 3.63) is 94.0 Å². The van der Waals surface area contributed by atoms with E-state index in [1.807, 2.05) is 38.1 Å². The van der Waals surface area contributed by atoms with Crippen LogP contribution in [0.1, 0.15) is 31.0 Å². The summed E-state index contributed by atoms with van der Waals surface area (Å²) in [5.41, 5.74) is 2.46. The Morgan fingerprint density at radius 3 is 2.37 bits per heavy atom. The SMILES string of the molecule is CC(C)Oc1ccc(C2/C(=C(\O)c3ccc(Br)cc3)C(=O)C(=O)N2c2nc3ccccc3[nH]2)cc1. The number of carbonyl (C=O) groups excluding carboxylic acids is 2. The number of imidazole rings is 1. The highest BCUT2D eigenvalue weighted by Gasteiger charge is 2.48. The number of hydrogen-bond acceptors (Lipinski definition) is 5. The van der Waals surface area contributed by atoms with Crippen molar-refractivity contribution in [3.63, 3.8) is 0 Å². The molecule has 0 bridgehead atoms. The molecule has 176 valence electrons. The third-order valence-corrected chi connectivity index (χ3v) is 6.26. The van der Waals surface area contributed by atoms with Crippen LogP contribution in [0.3, 0.4) is 0 Å². The molecule has 1 amide bonds. The fourth-order valence-electron chi connectivity index (χ4n) is 4.18. The smallest absolute Gasteiger partial charge is 0.302 e. The second-order valence-corrected chi connectivity index (χ2v) is 9.40. The summed E-state index contributed by atoms with van der Waals surface area (Å²) < 4.78 is 6.58. The van der Waals surface area contributed by atoms with Crippen LogP contribution in [0.4, 0.5) is 5.95 Å². The molecule has 0 aliphatic carbocycles. The Labute approximate surface area is 210 Å². The van der Waals surface area contributed by atoms with Gasteiger partial charge in [-0.2, -0.15) is 0 Å². The zero-order chi connectivity index (χ0) is 24.7. The molecule has 1 saturated heterocycles. The van der Waals surface area contributed by atoms with E-state index < -0.39 is 17.7 Å². The van der Waals surface area contributed by atoms with E-state index in [4.69, 9.17) is 4.74 Å². The van der Waals surface area contributed by atoms with Crippen molar-refractivity contribution in [2.24, 2.45) is 0 Å². The Morgan fingerprint density at radius 2 is 1.71 bits per heavy atom. The highest BCUT2D eigenvalue weighted by molar-refractivity contribution is 9.10. The second kappa shape index (κ2) is 9.03. The van der Waals surface area contributed by atoms with Gasteiger partial charge in [0.1, 0.15) is 11.5 Å². The van der Waals surface area contributed by atoms with Gasteiger partial charge < -0.3 is 14.8 Å². The van der Waals surface area contributed by atoms with Crippen LogP contribution in [0.5, 0.6) is 5.75 Å². The van der Waals surface area contributed by atoms with Gasteiger partial charge in [-0.25, -0.2) is 4.98 Å². The number of para-hydroxylation sites is 2. The lowest BCUT2D eigenvalue weighted by Crippen LogP contribution is -2.30. The maximum absolute atomic E-state index is 13.3. The highest BCUT2D eigenvalue weighted by Crippen LogP contribution is 2.42. The monoisotopic (exact) mass is 531 g/mol. The lowest BCUT2D eigenvalue weighted by Gasteiger charge is -2.23. The number of anilines is 1. The average molecular weight is 532 g/mol. The van der Waals surface area contributed by atoms with Gasteiger partial charge in [0.2, 0.25) is 5.95 Å². The van der Waals surface area contributed by atoms with Crippen molar-refractivity contribution in [1.29, 1.82) is 0 Å². The van der Waals surface area contributed by atoms with E-state index in [0.29, 0.717) is 22.4 Å². The first-order valence-corrected chi connectivity index (χ1v) is 11.9. The Kier molecular flexibility index (Phi) is 5.90. The molecule has 2 heterocycles. The zero-order valence-electron chi connectivity index (χ0n) is 19.0. The summed E-state index contributed by atoms with van der Waals surface area (Å²) in [5.74, 6) is -0.899. The molecule has 4 aromatic rings. The Hall–Kier alpha value is -3.91. The van der Waals surface area contributed by atoms with Crippen LogP contribution in [0.25, 0.3) is 16.8 Å². The number of Topliss-reactive ketones (excluding diaryl/α,β-unsaturated/α-hetero) is 1. The number of carbonyl (C=O) groups is 2. The van der Waals surface area contributed by atoms with E-state index in [1.54, 1.807) is 48.5 Å². The number of rotatable bonds is 5. The van der Waals surface area contributed by atoms with Crippen molar-refractivity contribution in [1.82, 2.24) is 9.97 Å². The van der Waals surface area contributed by atoms with Gasteiger partial charge in [-0.15, -0.1) is 0 Å². The molecular weight excluding hydrogens is 510 g/mol. The van der Waals surface area contributed by atoms with E-state index in [1.165, 1.54) is 4.90 Å². The number of aliphatic hydroxyl groups is 1. The van der Waals surface area contributed by atoms with Gasteiger partial charge in [0, 0.05) is 10.0 Å². The third-order valence-electron chi connectivity index (χ3n) is 5.73. The molecule has 1 aliphatic rings. The van der Waals surface area contributed by atoms with Crippen molar-refractivity contribution in [2.45, 2.75) is 26.0 Å². The molecule has 0 radical (unpaired) electrons. The molecule has 0 spiro atoms. The summed E-state index contributed by atoms with van der Waals surface area (Å²) in [6, 6.07) is 20.5. The fourth-order valence-corrected chi connectivity index (χ4v) is 4.45. The lowest BCUT2D eigenvalue weighted by molar-refractivity contribution is -0.132. The first-order chi connectivity index (χ1) is 16.8. The van der Waals surface area contributed by atoms with Crippen molar-refractivity contribution in [2.75, 3.05) is 4.90 Å². The molecule has 1 fully saturated rings. The van der Waals surface area contributed by atoms with E-state index >= 15 is 0 Å². The summed E-state index contributed by atoms with van der Waals surface area (Å²) in [6.07, 6.45) is -0.000519. The number of aromatic nitrogens is 2. The Balaban J connectivity index is 1.68. The molecule has 2 N–H and O–H groups in total. The number of amides is 1. The first kappa shape index (κ1) is 22.9. The van der Waals surface area contributed by atoms with Crippen LogP contribution in [0.2, 0.25) is 0 Å². The molecule has 8 heteroatoms. The van der Waals surface area contributed by atoms with Gasteiger partial charge in [-0.1, -0.05) is 52.3 Å². The number of hydrogen-bond donors (Lipinski definition) is 2. The topological polar surface area (TPSA) is 95.5 Å². The molecule has 5 rings (SSSR count). The number of H-pyrrole nitrogens is 1. The molecular formula is C27H22BrN3O4. The fraction of sp³-hybridized carbons (Fsp3) is 0.148. The largest absolute Gasteiger partial charge is 0.507 e. The maximum Gasteiger partial charge on any atom is 0.302 e. The molecule has 7 nitrogen and oxygen atoms in total. The predicted octanol–water partition coefficient (Wildman–Crippen LogP) is 5.74. The van der Waals surface area contributed by atoms with Crippen LogP contribution in [-0.4, -0.2) is 32.9 Å². The number of ketones is 1. The van der Waals surface area contributed by atoms with E-state index in [0.717, 1.165) is 9.99 Å². The zero-order valence-corrected chi connectivity index (χ0v) is 20.6. The van der Waals surface area contributed by atoms with E-state index in [-0.39, 0.29) is 23.4 Å². The predicted molar refractivity (Wildman–Crippen MR) is 137 cm³/mol. The van der Waals surface area contributed by atoms with Crippen molar-refractivity contribution >= 4 is 50.4 Å². The quantitative estimate of drug-likeness (QED) is 0.194. The average Bonchev–Trinajstić information content (AvgIpc) is 3.38. The highest BCUT2D eigenvalue weighted by atomic mass is 79.9. The van der Waals surface area contributed by atoms with Gasteiger partial charge in [0.05, 0.1) is 28.8 Å². The number of nitrogens with one attached hydrogen (secondary N) is 1. The number of fused-ring (bicyclic) bond motifs is 1. The van der Waals surface area contributed by atoms with Crippen molar-refractivity contribution in [3.8, 4) is 5.75 Å². The lowest BCUT2D eigenvalue weighted by atomic mass is 9.95. The Morgan fingerprint density at radius 1 is 1.03 bits per heavy atom. The summed E-state index contributed by atoms with van der Waals surface area (Å²) in [5, 5.41) is 11.2. The second-order valence-electron chi connectivity index (χ2n) is 8.49. The van der Waals surface area contributed by atoms with E-state index in [2.05, 4.69) is 25.9 Å². The van der Waals surface area contributed by atoms with Crippen LogP contribution >= 0.6 is 15.9 Å². The molecule has 0 saturated carbocycles. The number of ether oxygens (including phenoxy) is 1. The van der Waals surface area contributed by atoms with Crippen molar-refractivity contribution < 1.29 is 19.4 Å². The summed E-state index contributed by atoms with van der Waals surface area (Å²) in [4.78, 5) is 35.6. The Bertz CT molecular complexity index is 1420. The molecule has 1 aromatic heterocycles. The third kappa shape index (κ3) is 4.21. The van der Waals surface area contributed by atoms with E-state index in [9.17, 15) is 14.7 Å². The number of nitrogens with zero attached hydrogens (tertiary/aromatic N) is 2. The summed E-state index contributed by atoms with van der Waals surface area (Å²) in [7, 11) is 0. The number of benzene rings is 3. The van der Waals surface area contributed by atoms with Crippen LogP contribution < -0.4 is 9.64 Å². The first-order valence-electron chi connectivity index (χ1n) is 11.1. The van der Waals surface area contributed by atoms with Crippen LogP contribution in [0.15, 0.2) is 82.8 Å². The van der Waals surface area contributed by atoms with Gasteiger partial charge in [0.15, 0.2) is 0 Å². The minimum absolute atomic E-state index is 0.000519. The minimum atomic E-state index is -0.882. The van der Waals surface area contributed by atoms with Gasteiger partial charge in [-0.3, -0.25) is 14.5 Å². The van der Waals surface area contributed by atoms with Gasteiger partial charge >= 0.3 is 5.91 Å². The molecule has 1 unspecified atom stereocenters. The number of halogens is 1. The van der Waals surface area contributed by atoms with Gasteiger partial charge in [-0.05, 0) is 55.8 Å². The number of aromatic amines is 1. The number of aliphatic hydroxyl groups excluding tert-OH is 1. The molecule has 1 atom stereocenters. The minimum Gasteiger partial charge on any atom is -0.507 e. The van der Waals surface area contributed by atoms with Gasteiger partial charge in [0.25, 0.3) is 5.78 Å². The van der Waals surface area contributed by atoms with Crippen LogP contribution in [0, 0.1) is 0 Å². The maximum atomic E-state index is 13.3. The van der Waals surface area contributed by atoms with Crippen LogP contribution in [-0.2, 0) is 9.59 Å². The summed E-state index contributed by atoms with van der Waals surface area (Å²) in [6.45, 7) is 3.87.